The van der Waals surface area contributed by atoms with E-state index < -0.39 is 23.6 Å². The van der Waals surface area contributed by atoms with Crippen LogP contribution in [0.2, 0.25) is 0 Å². The van der Waals surface area contributed by atoms with Gasteiger partial charge in [0, 0.05) is 13.0 Å². The van der Waals surface area contributed by atoms with Gasteiger partial charge in [0.15, 0.2) is 0 Å². The lowest BCUT2D eigenvalue weighted by atomic mass is 9.95. The van der Waals surface area contributed by atoms with Crippen LogP contribution in [0.15, 0.2) is 0 Å². The maximum Gasteiger partial charge on any atom is 0.327 e. The lowest BCUT2D eigenvalue weighted by molar-refractivity contribution is -0.139. The number of carboxylic acids is 1. The lowest BCUT2D eigenvalue weighted by Gasteiger charge is -2.37. The van der Waals surface area contributed by atoms with Crippen LogP contribution in [0.3, 0.4) is 0 Å². The van der Waals surface area contributed by atoms with E-state index in [2.05, 4.69) is 11.2 Å². The van der Waals surface area contributed by atoms with Gasteiger partial charge in [0.05, 0.1) is 12.1 Å². The molecule has 1 heterocycles. The highest BCUT2D eigenvalue weighted by Crippen LogP contribution is 2.20. The molecule has 0 aromatic carbocycles. The second-order valence-corrected chi connectivity index (χ2v) is 4.77. The van der Waals surface area contributed by atoms with Gasteiger partial charge in [-0.15, -0.1) is 12.3 Å². The zero-order valence-corrected chi connectivity index (χ0v) is 10.3. The van der Waals surface area contributed by atoms with E-state index in [0.717, 1.165) is 0 Å². The number of carbonyl (C=O) groups is 2. The van der Waals surface area contributed by atoms with Gasteiger partial charge >= 0.3 is 12.0 Å². The molecule has 3 N–H and O–H groups in total. The highest BCUT2D eigenvalue weighted by molar-refractivity contribution is 5.82. The highest BCUT2D eigenvalue weighted by atomic mass is 16.4. The molecule has 18 heavy (non-hydrogen) atoms. The van der Waals surface area contributed by atoms with E-state index in [9.17, 15) is 14.7 Å². The summed E-state index contributed by atoms with van der Waals surface area (Å²) >= 11 is 0. The van der Waals surface area contributed by atoms with Gasteiger partial charge in [-0.3, -0.25) is 0 Å². The minimum Gasteiger partial charge on any atom is -0.480 e. The summed E-state index contributed by atoms with van der Waals surface area (Å²) < 4.78 is 0. The monoisotopic (exact) mass is 254 g/mol. The van der Waals surface area contributed by atoms with Gasteiger partial charge < -0.3 is 20.4 Å². The molecule has 0 aromatic heterocycles. The predicted molar refractivity (Wildman–Crippen MR) is 64.8 cm³/mol. The summed E-state index contributed by atoms with van der Waals surface area (Å²) in [5.74, 6) is 1.05. The van der Waals surface area contributed by atoms with Gasteiger partial charge in [-0.05, 0) is 19.8 Å². The van der Waals surface area contributed by atoms with Crippen molar-refractivity contribution in [1.29, 1.82) is 0 Å². The average molecular weight is 254 g/mol. The van der Waals surface area contributed by atoms with Crippen LogP contribution in [0.5, 0.6) is 0 Å². The topological polar surface area (TPSA) is 89.9 Å². The molecule has 2 amide bonds. The molecule has 6 heteroatoms. The van der Waals surface area contributed by atoms with Gasteiger partial charge in [0.25, 0.3) is 0 Å². The molecule has 2 unspecified atom stereocenters. The molecule has 0 radical (unpaired) electrons. The van der Waals surface area contributed by atoms with Gasteiger partial charge in [0.2, 0.25) is 0 Å². The van der Waals surface area contributed by atoms with Gasteiger partial charge in [-0.2, -0.15) is 0 Å². The Morgan fingerprint density at radius 1 is 1.61 bits per heavy atom. The summed E-state index contributed by atoms with van der Waals surface area (Å²) in [6.45, 7) is 2.36. The highest BCUT2D eigenvalue weighted by Gasteiger charge is 2.32. The minimum atomic E-state index is -1.16. The van der Waals surface area contributed by atoms with Crippen molar-refractivity contribution in [1.82, 2.24) is 10.2 Å². The fraction of sp³-hybridized carbons (Fsp3) is 0.667. The summed E-state index contributed by atoms with van der Waals surface area (Å²) in [5, 5.41) is 21.1. The van der Waals surface area contributed by atoms with Crippen molar-refractivity contribution >= 4 is 12.0 Å². The maximum atomic E-state index is 11.8. The molecule has 6 nitrogen and oxygen atoms in total. The quantitative estimate of drug-likeness (QED) is 0.619. The molecule has 1 aliphatic heterocycles. The zero-order chi connectivity index (χ0) is 13.8. The third kappa shape index (κ3) is 3.93. The van der Waals surface area contributed by atoms with Crippen LogP contribution >= 0.6 is 0 Å². The number of hydrogen-bond donors (Lipinski definition) is 3. The summed E-state index contributed by atoms with van der Waals surface area (Å²) in [6.07, 6.45) is 6.30. The third-order valence-electron chi connectivity index (χ3n) is 2.88. The molecule has 0 spiro atoms. The van der Waals surface area contributed by atoms with Crippen molar-refractivity contribution in [2.75, 3.05) is 13.1 Å². The first-order valence-electron chi connectivity index (χ1n) is 5.80. The molecular formula is C12H18N2O4. The Morgan fingerprint density at radius 2 is 2.28 bits per heavy atom. The molecule has 0 aliphatic carbocycles. The van der Waals surface area contributed by atoms with Gasteiger partial charge in [-0.25, -0.2) is 9.59 Å². The van der Waals surface area contributed by atoms with Crippen molar-refractivity contribution in [3.63, 3.8) is 0 Å². The van der Waals surface area contributed by atoms with Crippen LogP contribution in [0.25, 0.3) is 0 Å². The summed E-state index contributed by atoms with van der Waals surface area (Å²) in [6, 6.07) is -1.59. The van der Waals surface area contributed by atoms with E-state index in [-0.39, 0.29) is 13.0 Å². The number of nitrogens with zero attached hydrogens (tertiary/aromatic N) is 1. The number of piperidine rings is 1. The number of β-amino-alcohol motifs (C(OH)–C–C–N with tert-alkyl or cyclic N) is 1. The van der Waals surface area contributed by atoms with E-state index in [1.165, 1.54) is 4.90 Å². The molecule has 0 saturated carbocycles. The minimum absolute atomic E-state index is 0.0642. The van der Waals surface area contributed by atoms with Crippen LogP contribution in [-0.4, -0.2) is 51.8 Å². The fourth-order valence-electron chi connectivity index (χ4n) is 1.95. The lowest BCUT2D eigenvalue weighted by Crippen LogP contribution is -2.54. The van der Waals surface area contributed by atoms with E-state index in [0.29, 0.717) is 19.4 Å². The number of hydrogen-bond acceptors (Lipinski definition) is 3. The number of aliphatic hydroxyl groups is 1. The number of rotatable bonds is 3. The number of likely N-dealkylation sites (tertiary alicyclic amines) is 1. The molecule has 2 atom stereocenters. The number of carboxylic acid groups (broad SMARTS) is 1. The number of amides is 2. The smallest absolute Gasteiger partial charge is 0.327 e. The first-order valence-corrected chi connectivity index (χ1v) is 5.80. The van der Waals surface area contributed by atoms with E-state index >= 15 is 0 Å². The molecule has 0 aromatic rings. The largest absolute Gasteiger partial charge is 0.480 e. The van der Waals surface area contributed by atoms with Crippen molar-refractivity contribution in [2.24, 2.45) is 0 Å². The van der Waals surface area contributed by atoms with E-state index in [4.69, 9.17) is 11.5 Å². The second-order valence-electron chi connectivity index (χ2n) is 4.77. The number of terminal acetylenes is 1. The standard InChI is InChI=1S/C12H18N2O4/c1-3-5-9(10(15)16)13-11(17)14-7-4-6-12(2,18)8-14/h1,9,18H,4-8H2,2H3,(H,13,17)(H,15,16). The molecule has 0 bridgehead atoms. The molecule has 1 fully saturated rings. The fourth-order valence-corrected chi connectivity index (χ4v) is 1.95. The SMILES string of the molecule is C#CCC(NC(=O)N1CCCC(C)(O)C1)C(=O)O. The predicted octanol–water partition coefficient (Wildman–Crippen LogP) is 0.0193. The van der Waals surface area contributed by atoms with Crippen molar-refractivity contribution in [3.05, 3.63) is 0 Å². The molecule has 1 rings (SSSR count). The Labute approximate surface area is 106 Å². The van der Waals surface area contributed by atoms with Crippen LogP contribution < -0.4 is 5.32 Å². The van der Waals surface area contributed by atoms with E-state index in [1.54, 1.807) is 6.92 Å². The Balaban J connectivity index is 2.59. The van der Waals surface area contributed by atoms with Gasteiger partial charge in [0.1, 0.15) is 6.04 Å². The summed E-state index contributed by atoms with van der Waals surface area (Å²) in [7, 11) is 0. The molecule has 1 aliphatic rings. The first-order chi connectivity index (χ1) is 8.35. The second kappa shape index (κ2) is 5.74. The van der Waals surface area contributed by atoms with E-state index in [1.807, 2.05) is 0 Å². The Bertz CT molecular complexity index is 373. The van der Waals surface area contributed by atoms with Crippen molar-refractivity contribution < 1.29 is 19.8 Å². The Hall–Kier alpha value is -1.74. The average Bonchev–Trinajstić information content (AvgIpc) is 2.26. The molecule has 1 saturated heterocycles. The third-order valence-corrected chi connectivity index (χ3v) is 2.88. The first kappa shape index (κ1) is 14.3. The number of carbonyl (C=O) groups excluding carboxylic acids is 1. The number of nitrogens with one attached hydrogen (secondary N) is 1. The van der Waals surface area contributed by atoms with Crippen LogP contribution in [-0.2, 0) is 4.79 Å². The molecular weight excluding hydrogens is 236 g/mol. The van der Waals surface area contributed by atoms with Crippen LogP contribution in [0.1, 0.15) is 26.2 Å². The Kier molecular flexibility index (Phi) is 4.56. The van der Waals surface area contributed by atoms with Gasteiger partial charge in [-0.1, -0.05) is 0 Å². The number of urea groups is 1. The van der Waals surface area contributed by atoms with Crippen molar-refractivity contribution in [2.45, 2.75) is 37.8 Å². The van der Waals surface area contributed by atoms with Crippen LogP contribution in [0, 0.1) is 12.3 Å². The van der Waals surface area contributed by atoms with Crippen LogP contribution in [0.4, 0.5) is 4.79 Å². The Morgan fingerprint density at radius 3 is 2.78 bits per heavy atom. The maximum absolute atomic E-state index is 11.8. The number of aliphatic carboxylic acids is 1. The summed E-state index contributed by atoms with van der Waals surface area (Å²) in [4.78, 5) is 24.1. The molecule has 100 valence electrons. The summed E-state index contributed by atoms with van der Waals surface area (Å²) in [5.41, 5.74) is -0.916. The normalized spacial score (nSPS) is 25.1. The van der Waals surface area contributed by atoms with Crippen molar-refractivity contribution in [3.8, 4) is 12.3 Å². The zero-order valence-electron chi connectivity index (χ0n) is 10.3.